The highest BCUT2D eigenvalue weighted by molar-refractivity contribution is 5.94. The van der Waals surface area contributed by atoms with Gasteiger partial charge in [0.25, 0.3) is 5.91 Å². The lowest BCUT2D eigenvalue weighted by Crippen LogP contribution is -2.33. The summed E-state index contributed by atoms with van der Waals surface area (Å²) in [6.45, 7) is 1.38. The molecule has 0 N–H and O–H groups in total. The lowest BCUT2D eigenvalue weighted by atomic mass is 9.86. The Labute approximate surface area is 174 Å². The lowest BCUT2D eigenvalue weighted by molar-refractivity contribution is -0.123. The summed E-state index contributed by atoms with van der Waals surface area (Å²) in [6.07, 6.45) is 10.9. The van der Waals surface area contributed by atoms with E-state index in [2.05, 4.69) is 24.3 Å². The van der Waals surface area contributed by atoms with Crippen molar-refractivity contribution in [3.8, 4) is 0 Å². The van der Waals surface area contributed by atoms with Crippen LogP contribution in [0.1, 0.15) is 37.7 Å². The highest BCUT2D eigenvalue weighted by Crippen LogP contribution is 2.44. The Hall–Kier alpha value is -2.39. The third kappa shape index (κ3) is 5.36. The van der Waals surface area contributed by atoms with E-state index in [4.69, 9.17) is 4.74 Å². The number of nitrogens with zero attached hydrogens (tertiary/aromatic N) is 1. The summed E-state index contributed by atoms with van der Waals surface area (Å²) in [5.74, 6) is 2.54. The van der Waals surface area contributed by atoms with Crippen molar-refractivity contribution >= 4 is 11.6 Å². The number of hydrogen-bond donors (Lipinski definition) is 0. The molecular formula is C26H31NO2. The maximum absolute atomic E-state index is 12.9. The van der Waals surface area contributed by atoms with Gasteiger partial charge < -0.3 is 9.64 Å². The number of rotatable bonds is 8. The first-order valence-electron chi connectivity index (χ1n) is 10.9. The fourth-order valence-corrected chi connectivity index (χ4v) is 4.88. The number of ether oxygens (including phenoxy) is 1. The summed E-state index contributed by atoms with van der Waals surface area (Å²) in [6, 6.07) is 20.0. The van der Waals surface area contributed by atoms with Gasteiger partial charge in [-0.05, 0) is 67.6 Å². The van der Waals surface area contributed by atoms with Gasteiger partial charge in [-0.25, -0.2) is 0 Å². The molecule has 0 bridgehead atoms. The molecule has 0 saturated heterocycles. The van der Waals surface area contributed by atoms with E-state index in [9.17, 15) is 4.79 Å². The molecular weight excluding hydrogens is 358 g/mol. The molecule has 1 saturated carbocycles. The summed E-state index contributed by atoms with van der Waals surface area (Å²) in [5.41, 5.74) is 2.03. The van der Waals surface area contributed by atoms with Crippen molar-refractivity contribution in [2.24, 2.45) is 17.8 Å². The number of amides is 1. The molecule has 2 aliphatic rings. The van der Waals surface area contributed by atoms with Gasteiger partial charge in [-0.2, -0.15) is 0 Å². The zero-order chi connectivity index (χ0) is 19.9. The van der Waals surface area contributed by atoms with E-state index in [-0.39, 0.29) is 12.5 Å². The Balaban J connectivity index is 1.28. The number of para-hydroxylation sites is 1. The van der Waals surface area contributed by atoms with Gasteiger partial charge in [-0.1, -0.05) is 60.7 Å². The number of allylic oxidation sites excluding steroid dienone is 2. The first kappa shape index (κ1) is 19.9. The summed E-state index contributed by atoms with van der Waals surface area (Å²) >= 11 is 0. The van der Waals surface area contributed by atoms with Crippen LogP contribution in [0.15, 0.2) is 72.8 Å². The fraction of sp³-hybridized carbons (Fsp3) is 0.423. The molecule has 1 fully saturated rings. The summed E-state index contributed by atoms with van der Waals surface area (Å²) in [7, 11) is 0. The van der Waals surface area contributed by atoms with E-state index in [0.717, 1.165) is 35.4 Å². The van der Waals surface area contributed by atoms with Gasteiger partial charge in [0, 0.05) is 12.3 Å². The molecule has 3 heteroatoms. The average Bonchev–Trinajstić information content (AvgIpc) is 3.19. The summed E-state index contributed by atoms with van der Waals surface area (Å²) in [5, 5.41) is 0. The average molecular weight is 390 g/mol. The molecule has 0 aromatic heterocycles. The van der Waals surface area contributed by atoms with Crippen molar-refractivity contribution in [2.45, 2.75) is 38.6 Å². The minimum Gasteiger partial charge on any atom is -0.372 e. The molecule has 4 rings (SSSR count). The van der Waals surface area contributed by atoms with Crippen LogP contribution < -0.4 is 4.90 Å². The highest BCUT2D eigenvalue weighted by Gasteiger charge is 2.33. The zero-order valence-corrected chi connectivity index (χ0v) is 17.1. The van der Waals surface area contributed by atoms with Crippen LogP contribution in [0.25, 0.3) is 0 Å². The number of carbonyl (C=O) groups is 1. The maximum Gasteiger partial charge on any atom is 0.253 e. The van der Waals surface area contributed by atoms with Crippen molar-refractivity contribution in [3.63, 3.8) is 0 Å². The topological polar surface area (TPSA) is 29.5 Å². The lowest BCUT2D eigenvalue weighted by Gasteiger charge is -2.23. The summed E-state index contributed by atoms with van der Waals surface area (Å²) < 4.78 is 5.84. The van der Waals surface area contributed by atoms with Crippen LogP contribution in [0.4, 0.5) is 5.69 Å². The smallest absolute Gasteiger partial charge is 0.253 e. The largest absolute Gasteiger partial charge is 0.372 e. The molecule has 3 nitrogen and oxygen atoms in total. The molecule has 2 aromatic rings. The molecule has 0 aliphatic heterocycles. The van der Waals surface area contributed by atoms with Crippen LogP contribution in [-0.4, -0.2) is 19.1 Å². The minimum absolute atomic E-state index is 0.0179. The van der Waals surface area contributed by atoms with Gasteiger partial charge in [0.2, 0.25) is 0 Å². The normalized spacial score (nSPS) is 23.0. The van der Waals surface area contributed by atoms with E-state index in [1.54, 1.807) is 0 Å². The first-order valence-corrected chi connectivity index (χ1v) is 10.9. The Morgan fingerprint density at radius 2 is 1.52 bits per heavy atom. The molecule has 1 unspecified atom stereocenters. The van der Waals surface area contributed by atoms with Crippen LogP contribution in [0.2, 0.25) is 0 Å². The first-order chi connectivity index (χ1) is 14.3. The van der Waals surface area contributed by atoms with E-state index < -0.39 is 0 Å². The molecule has 2 aliphatic carbocycles. The Morgan fingerprint density at radius 3 is 2.17 bits per heavy atom. The number of carbonyl (C=O) groups excluding carboxylic acids is 1. The predicted molar refractivity (Wildman–Crippen MR) is 118 cm³/mol. The van der Waals surface area contributed by atoms with Crippen LogP contribution in [0.3, 0.4) is 0 Å². The van der Waals surface area contributed by atoms with Gasteiger partial charge in [0.1, 0.15) is 6.61 Å². The van der Waals surface area contributed by atoms with E-state index in [1.807, 2.05) is 53.4 Å². The van der Waals surface area contributed by atoms with Crippen LogP contribution in [0.5, 0.6) is 0 Å². The molecule has 2 aromatic carbocycles. The zero-order valence-electron chi connectivity index (χ0n) is 17.1. The van der Waals surface area contributed by atoms with Gasteiger partial charge >= 0.3 is 0 Å². The Kier molecular flexibility index (Phi) is 6.79. The van der Waals surface area contributed by atoms with Crippen LogP contribution >= 0.6 is 0 Å². The van der Waals surface area contributed by atoms with Crippen LogP contribution in [-0.2, 0) is 16.1 Å². The quantitative estimate of drug-likeness (QED) is 0.433. The maximum atomic E-state index is 12.9. The molecule has 0 radical (unpaired) electrons. The molecule has 0 spiro atoms. The monoisotopic (exact) mass is 389 g/mol. The number of hydrogen-bond acceptors (Lipinski definition) is 2. The second-order valence-corrected chi connectivity index (χ2v) is 8.44. The number of benzene rings is 2. The van der Waals surface area contributed by atoms with E-state index in [0.29, 0.717) is 13.2 Å². The Bertz CT molecular complexity index is 786. The van der Waals surface area contributed by atoms with Crippen molar-refractivity contribution in [3.05, 3.63) is 78.4 Å². The number of anilines is 1. The fourth-order valence-electron chi connectivity index (χ4n) is 4.88. The summed E-state index contributed by atoms with van der Waals surface area (Å²) in [4.78, 5) is 14.8. The SMILES string of the molecule is O=C(COCCC1C[C@H]2CC=CC[C@H]2C1)N(Cc1ccccc1)c1ccccc1. The third-order valence-electron chi connectivity index (χ3n) is 6.43. The highest BCUT2D eigenvalue weighted by atomic mass is 16.5. The van der Waals surface area contributed by atoms with Crippen molar-refractivity contribution < 1.29 is 9.53 Å². The minimum atomic E-state index is 0.0179. The van der Waals surface area contributed by atoms with Crippen molar-refractivity contribution in [1.29, 1.82) is 0 Å². The molecule has 29 heavy (non-hydrogen) atoms. The molecule has 152 valence electrons. The second kappa shape index (κ2) is 9.89. The number of fused-ring (bicyclic) bond motifs is 1. The molecule has 1 amide bonds. The van der Waals surface area contributed by atoms with E-state index in [1.165, 1.54) is 25.7 Å². The van der Waals surface area contributed by atoms with Gasteiger partial charge in [0.05, 0.1) is 6.54 Å². The second-order valence-electron chi connectivity index (χ2n) is 8.44. The molecule has 3 atom stereocenters. The van der Waals surface area contributed by atoms with Crippen LogP contribution in [0, 0.1) is 17.8 Å². The van der Waals surface area contributed by atoms with Crippen molar-refractivity contribution in [2.75, 3.05) is 18.1 Å². The molecule has 0 heterocycles. The standard InChI is InChI=1S/C26H31NO2/c28-26(20-29-16-15-22-17-23-11-7-8-12-24(23)18-22)27(25-13-5-2-6-14-25)19-21-9-3-1-4-10-21/h1-10,13-14,22-24H,11-12,15-20H2/t22?,23-,24+. The van der Waals surface area contributed by atoms with Gasteiger partial charge in [0.15, 0.2) is 0 Å². The van der Waals surface area contributed by atoms with Crippen molar-refractivity contribution in [1.82, 2.24) is 0 Å². The van der Waals surface area contributed by atoms with Gasteiger partial charge in [-0.15, -0.1) is 0 Å². The van der Waals surface area contributed by atoms with E-state index >= 15 is 0 Å². The Morgan fingerprint density at radius 1 is 0.897 bits per heavy atom. The third-order valence-corrected chi connectivity index (χ3v) is 6.43. The predicted octanol–water partition coefficient (Wildman–Crippen LogP) is 5.62. The van der Waals surface area contributed by atoms with Gasteiger partial charge in [-0.3, -0.25) is 4.79 Å².